The maximum atomic E-state index is 9.77. The number of benzene rings is 1. The predicted octanol–water partition coefficient (Wildman–Crippen LogP) is 1.68. The van der Waals surface area contributed by atoms with Gasteiger partial charge in [-0.2, -0.15) is 0 Å². The summed E-state index contributed by atoms with van der Waals surface area (Å²) in [6.07, 6.45) is 0.938. The highest BCUT2D eigenvalue weighted by atomic mass is 16.5. The summed E-state index contributed by atoms with van der Waals surface area (Å²) in [6, 6.07) is 3.86. The molecule has 0 spiro atoms. The lowest BCUT2D eigenvalue weighted by Crippen LogP contribution is -2.06. The van der Waals surface area contributed by atoms with Crippen LogP contribution >= 0.6 is 0 Å². The van der Waals surface area contributed by atoms with Crippen LogP contribution in [-0.2, 0) is 13.0 Å². The van der Waals surface area contributed by atoms with Gasteiger partial charge in [0.05, 0.1) is 7.11 Å². The van der Waals surface area contributed by atoms with Crippen LogP contribution in [0.1, 0.15) is 18.1 Å². The van der Waals surface area contributed by atoms with Crippen molar-refractivity contribution >= 4 is 0 Å². The smallest absolute Gasteiger partial charge is 0.162 e. The first-order valence-corrected chi connectivity index (χ1v) is 4.76. The van der Waals surface area contributed by atoms with Crippen LogP contribution in [0.25, 0.3) is 0 Å². The van der Waals surface area contributed by atoms with E-state index in [1.165, 1.54) is 5.56 Å². The van der Waals surface area contributed by atoms with Crippen LogP contribution in [-0.4, -0.2) is 19.3 Å². The summed E-state index contributed by atoms with van der Waals surface area (Å²) in [5, 5.41) is 12.8. The van der Waals surface area contributed by atoms with Crippen LogP contribution in [0.4, 0.5) is 0 Å². The first-order chi connectivity index (χ1) is 6.72. The molecule has 78 valence electrons. The number of aromatic hydroxyl groups is 1. The molecule has 1 aromatic rings. The summed E-state index contributed by atoms with van der Waals surface area (Å²) in [7, 11) is 3.42. The van der Waals surface area contributed by atoms with Crippen molar-refractivity contribution in [3.63, 3.8) is 0 Å². The average molecular weight is 195 g/mol. The summed E-state index contributed by atoms with van der Waals surface area (Å²) in [4.78, 5) is 0. The summed E-state index contributed by atoms with van der Waals surface area (Å²) in [6.45, 7) is 2.73. The molecule has 0 saturated carbocycles. The van der Waals surface area contributed by atoms with E-state index in [0.29, 0.717) is 12.3 Å². The number of aryl methyl sites for hydroxylation is 1. The fraction of sp³-hybridized carbons (Fsp3) is 0.455. The number of ether oxygens (including phenoxy) is 1. The summed E-state index contributed by atoms with van der Waals surface area (Å²) in [5.41, 5.74) is 2.05. The van der Waals surface area contributed by atoms with E-state index < -0.39 is 0 Å². The third-order valence-corrected chi connectivity index (χ3v) is 2.21. The van der Waals surface area contributed by atoms with Gasteiger partial charge in [-0.25, -0.2) is 0 Å². The zero-order valence-corrected chi connectivity index (χ0v) is 8.92. The van der Waals surface area contributed by atoms with Gasteiger partial charge in [-0.3, -0.25) is 0 Å². The minimum atomic E-state index is 0.235. The van der Waals surface area contributed by atoms with Crippen molar-refractivity contribution < 1.29 is 9.84 Å². The Labute approximate surface area is 84.7 Å². The molecule has 0 heterocycles. The number of hydrogen-bond donors (Lipinski definition) is 2. The Morgan fingerprint density at radius 2 is 2.14 bits per heavy atom. The van der Waals surface area contributed by atoms with Crippen LogP contribution in [0.2, 0.25) is 0 Å². The number of rotatable bonds is 4. The van der Waals surface area contributed by atoms with Gasteiger partial charge in [0.1, 0.15) is 0 Å². The average Bonchev–Trinajstić information content (AvgIpc) is 2.21. The molecular formula is C11H17NO2. The van der Waals surface area contributed by atoms with Gasteiger partial charge in [0, 0.05) is 12.1 Å². The van der Waals surface area contributed by atoms with Crippen molar-refractivity contribution in [2.75, 3.05) is 14.2 Å². The molecule has 0 aliphatic carbocycles. The Balaban J connectivity index is 3.12. The number of phenols is 1. The molecule has 0 aromatic heterocycles. The molecule has 0 bridgehead atoms. The van der Waals surface area contributed by atoms with Gasteiger partial charge in [0.25, 0.3) is 0 Å². The Morgan fingerprint density at radius 3 is 2.64 bits per heavy atom. The second-order valence-electron chi connectivity index (χ2n) is 3.19. The molecule has 1 rings (SSSR count). The van der Waals surface area contributed by atoms with E-state index in [1.807, 2.05) is 19.2 Å². The first kappa shape index (κ1) is 10.9. The first-order valence-electron chi connectivity index (χ1n) is 4.76. The van der Waals surface area contributed by atoms with Gasteiger partial charge < -0.3 is 15.2 Å². The van der Waals surface area contributed by atoms with Crippen molar-refractivity contribution in [1.82, 2.24) is 5.32 Å². The van der Waals surface area contributed by atoms with E-state index in [-0.39, 0.29) is 5.75 Å². The van der Waals surface area contributed by atoms with Gasteiger partial charge in [-0.05, 0) is 25.1 Å². The molecule has 0 aliphatic heterocycles. The minimum absolute atomic E-state index is 0.235. The minimum Gasteiger partial charge on any atom is -0.504 e. The van der Waals surface area contributed by atoms with Gasteiger partial charge in [0.15, 0.2) is 11.5 Å². The zero-order chi connectivity index (χ0) is 10.6. The van der Waals surface area contributed by atoms with Gasteiger partial charge in [0.2, 0.25) is 0 Å². The Bertz CT molecular complexity index is 310. The molecule has 0 saturated heterocycles. The van der Waals surface area contributed by atoms with E-state index in [9.17, 15) is 5.11 Å². The van der Waals surface area contributed by atoms with E-state index >= 15 is 0 Å². The Morgan fingerprint density at radius 1 is 1.43 bits per heavy atom. The highest BCUT2D eigenvalue weighted by Crippen LogP contribution is 2.31. The largest absolute Gasteiger partial charge is 0.504 e. The predicted molar refractivity (Wildman–Crippen MR) is 56.8 cm³/mol. The molecule has 1 aromatic carbocycles. The van der Waals surface area contributed by atoms with Gasteiger partial charge >= 0.3 is 0 Å². The lowest BCUT2D eigenvalue weighted by atomic mass is 10.1. The van der Waals surface area contributed by atoms with Crippen LogP contribution in [0, 0.1) is 0 Å². The lowest BCUT2D eigenvalue weighted by Gasteiger charge is -2.10. The summed E-state index contributed by atoms with van der Waals surface area (Å²) < 4.78 is 5.10. The van der Waals surface area contributed by atoms with Gasteiger partial charge in [-0.15, -0.1) is 0 Å². The molecule has 0 aliphatic rings. The van der Waals surface area contributed by atoms with E-state index in [2.05, 4.69) is 12.2 Å². The maximum Gasteiger partial charge on any atom is 0.162 e. The lowest BCUT2D eigenvalue weighted by molar-refractivity contribution is 0.369. The van der Waals surface area contributed by atoms with Crippen molar-refractivity contribution in [1.29, 1.82) is 0 Å². The number of nitrogens with one attached hydrogen (secondary N) is 1. The van der Waals surface area contributed by atoms with Crippen molar-refractivity contribution in [3.8, 4) is 11.5 Å². The van der Waals surface area contributed by atoms with Crippen molar-refractivity contribution in [2.45, 2.75) is 19.9 Å². The fourth-order valence-electron chi connectivity index (χ4n) is 1.41. The third kappa shape index (κ3) is 2.17. The van der Waals surface area contributed by atoms with Crippen LogP contribution in [0.5, 0.6) is 11.5 Å². The number of phenolic OH excluding ortho intramolecular Hbond substituents is 1. The molecule has 3 nitrogen and oxygen atoms in total. The molecule has 0 fully saturated rings. The quantitative estimate of drug-likeness (QED) is 0.768. The molecule has 0 unspecified atom stereocenters. The van der Waals surface area contributed by atoms with Crippen molar-refractivity contribution in [3.05, 3.63) is 23.3 Å². The van der Waals surface area contributed by atoms with E-state index in [1.54, 1.807) is 7.11 Å². The second-order valence-corrected chi connectivity index (χ2v) is 3.19. The third-order valence-electron chi connectivity index (χ3n) is 2.21. The standard InChI is InChI=1S/C11H17NO2/c1-4-8-5-9(7-12-2)11(13)10(6-8)14-3/h5-6,12-13H,4,7H2,1-3H3. The van der Waals surface area contributed by atoms with Crippen molar-refractivity contribution in [2.24, 2.45) is 0 Å². The second kappa shape index (κ2) is 4.86. The van der Waals surface area contributed by atoms with Crippen LogP contribution in [0.3, 0.4) is 0 Å². The molecule has 14 heavy (non-hydrogen) atoms. The highest BCUT2D eigenvalue weighted by Gasteiger charge is 2.08. The molecule has 2 N–H and O–H groups in total. The van der Waals surface area contributed by atoms with Crippen LogP contribution in [0.15, 0.2) is 12.1 Å². The number of hydrogen-bond acceptors (Lipinski definition) is 3. The Hall–Kier alpha value is -1.22. The topological polar surface area (TPSA) is 41.5 Å². The normalized spacial score (nSPS) is 10.2. The summed E-state index contributed by atoms with van der Waals surface area (Å²) >= 11 is 0. The SMILES string of the molecule is CCc1cc(CNC)c(O)c(OC)c1. The van der Waals surface area contributed by atoms with E-state index in [4.69, 9.17) is 4.74 Å². The monoisotopic (exact) mass is 195 g/mol. The highest BCUT2D eigenvalue weighted by molar-refractivity contribution is 5.48. The van der Waals surface area contributed by atoms with E-state index in [0.717, 1.165) is 12.0 Å². The number of methoxy groups -OCH3 is 1. The summed E-state index contributed by atoms with van der Waals surface area (Å²) in [5.74, 6) is 0.786. The molecular weight excluding hydrogens is 178 g/mol. The Kier molecular flexibility index (Phi) is 3.77. The maximum absolute atomic E-state index is 9.77. The molecule has 0 amide bonds. The fourth-order valence-corrected chi connectivity index (χ4v) is 1.41. The van der Waals surface area contributed by atoms with Crippen LogP contribution < -0.4 is 10.1 Å². The zero-order valence-electron chi connectivity index (χ0n) is 8.92. The molecule has 0 atom stereocenters. The molecule has 0 radical (unpaired) electrons. The van der Waals surface area contributed by atoms with Gasteiger partial charge in [-0.1, -0.05) is 13.0 Å². The molecule has 3 heteroatoms.